The number of hydrogen-bond acceptors (Lipinski definition) is 3. The molecule has 0 aliphatic carbocycles. The molecule has 1 aliphatic heterocycles. The van der Waals surface area contributed by atoms with E-state index < -0.39 is 0 Å². The maximum Gasteiger partial charge on any atom is 0.0568 e. The maximum atomic E-state index is 5.73. The molecule has 112 valence electrons. The first-order valence-corrected chi connectivity index (χ1v) is 7.81. The highest BCUT2D eigenvalue weighted by molar-refractivity contribution is 5.63. The van der Waals surface area contributed by atoms with E-state index in [1.165, 1.54) is 37.8 Å². The number of rotatable bonds is 4. The van der Waals surface area contributed by atoms with Crippen LogP contribution in [0.1, 0.15) is 25.7 Å². The van der Waals surface area contributed by atoms with Crippen LogP contribution in [0.4, 0.5) is 5.69 Å². The van der Waals surface area contributed by atoms with Crippen molar-refractivity contribution in [1.29, 1.82) is 0 Å². The van der Waals surface area contributed by atoms with E-state index in [9.17, 15) is 0 Å². The first-order chi connectivity index (χ1) is 10.2. The van der Waals surface area contributed by atoms with Crippen molar-refractivity contribution in [3.8, 4) is 11.1 Å². The van der Waals surface area contributed by atoms with E-state index in [4.69, 9.17) is 5.73 Å². The lowest BCUT2D eigenvalue weighted by molar-refractivity contribution is 0.169. The maximum absolute atomic E-state index is 5.73. The van der Waals surface area contributed by atoms with Crippen LogP contribution in [0, 0.1) is 0 Å². The third-order valence-corrected chi connectivity index (χ3v) is 4.49. The normalized spacial score (nSPS) is 19.8. The Morgan fingerprint density at radius 1 is 1.19 bits per heavy atom. The minimum Gasteiger partial charge on any atom is -0.399 e. The van der Waals surface area contributed by atoms with Gasteiger partial charge in [-0.05, 0) is 50.6 Å². The molecule has 0 spiro atoms. The molecule has 4 nitrogen and oxygen atoms in total. The van der Waals surface area contributed by atoms with Gasteiger partial charge in [-0.1, -0.05) is 18.6 Å². The zero-order valence-corrected chi connectivity index (χ0v) is 12.7. The molecule has 1 aromatic heterocycles. The number of benzene rings is 1. The summed E-state index contributed by atoms with van der Waals surface area (Å²) in [6, 6.07) is 8.67. The smallest absolute Gasteiger partial charge is 0.0568 e. The summed E-state index contributed by atoms with van der Waals surface area (Å²) < 4.78 is 2.06. The SMILES string of the molecule is CN1CCCCC1CCn1cc(-c2ccc(N)cc2)cn1. The molecular formula is C17H24N4. The number of nitrogens with two attached hydrogens (primary N) is 1. The van der Waals surface area contributed by atoms with Crippen LogP contribution >= 0.6 is 0 Å². The molecule has 2 N–H and O–H groups in total. The summed E-state index contributed by atoms with van der Waals surface area (Å²) in [5, 5.41) is 4.49. The van der Waals surface area contributed by atoms with E-state index >= 15 is 0 Å². The quantitative estimate of drug-likeness (QED) is 0.878. The first-order valence-electron chi connectivity index (χ1n) is 7.81. The Kier molecular flexibility index (Phi) is 4.25. The summed E-state index contributed by atoms with van der Waals surface area (Å²) in [5.41, 5.74) is 8.86. The number of aromatic nitrogens is 2. The van der Waals surface area contributed by atoms with Gasteiger partial charge in [0.2, 0.25) is 0 Å². The number of hydrogen-bond donors (Lipinski definition) is 1. The van der Waals surface area contributed by atoms with Gasteiger partial charge in [0, 0.05) is 30.0 Å². The van der Waals surface area contributed by atoms with Crippen molar-refractivity contribution in [3.05, 3.63) is 36.7 Å². The van der Waals surface area contributed by atoms with Crippen LogP contribution in [0.15, 0.2) is 36.7 Å². The average molecular weight is 284 g/mol. The Morgan fingerprint density at radius 2 is 2.00 bits per heavy atom. The second-order valence-corrected chi connectivity index (χ2v) is 6.03. The Labute approximate surface area is 126 Å². The van der Waals surface area contributed by atoms with Crippen LogP contribution in [0.2, 0.25) is 0 Å². The van der Waals surface area contributed by atoms with E-state index in [2.05, 4.69) is 27.9 Å². The zero-order valence-electron chi connectivity index (χ0n) is 12.7. The van der Waals surface area contributed by atoms with Gasteiger partial charge in [0.05, 0.1) is 6.20 Å². The monoisotopic (exact) mass is 284 g/mol. The van der Waals surface area contributed by atoms with Crippen LogP contribution < -0.4 is 5.73 Å². The minimum absolute atomic E-state index is 0.711. The summed E-state index contributed by atoms with van der Waals surface area (Å²) >= 11 is 0. The van der Waals surface area contributed by atoms with E-state index in [-0.39, 0.29) is 0 Å². The molecule has 3 rings (SSSR count). The van der Waals surface area contributed by atoms with Gasteiger partial charge in [0.25, 0.3) is 0 Å². The Hall–Kier alpha value is -1.81. The highest BCUT2D eigenvalue weighted by Crippen LogP contribution is 2.21. The second-order valence-electron chi connectivity index (χ2n) is 6.03. The Bertz CT molecular complexity index is 573. The fourth-order valence-corrected chi connectivity index (χ4v) is 3.10. The van der Waals surface area contributed by atoms with Crippen molar-refractivity contribution in [3.63, 3.8) is 0 Å². The highest BCUT2D eigenvalue weighted by Gasteiger charge is 2.18. The van der Waals surface area contributed by atoms with Gasteiger partial charge in [-0.2, -0.15) is 5.10 Å². The molecule has 0 amide bonds. The van der Waals surface area contributed by atoms with E-state index in [0.29, 0.717) is 6.04 Å². The third-order valence-electron chi connectivity index (χ3n) is 4.49. The molecule has 21 heavy (non-hydrogen) atoms. The zero-order chi connectivity index (χ0) is 14.7. The molecule has 2 aromatic rings. The lowest BCUT2D eigenvalue weighted by Gasteiger charge is -2.32. The topological polar surface area (TPSA) is 47.1 Å². The standard InChI is InChI=1S/C17H24N4/c1-20-10-3-2-4-17(20)9-11-21-13-15(12-19-21)14-5-7-16(18)8-6-14/h5-8,12-13,17H,2-4,9-11,18H2,1H3. The van der Waals surface area contributed by atoms with Crippen LogP contribution in [-0.4, -0.2) is 34.3 Å². The third kappa shape index (κ3) is 3.45. The van der Waals surface area contributed by atoms with E-state index in [0.717, 1.165) is 17.8 Å². The van der Waals surface area contributed by atoms with Crippen LogP contribution in [-0.2, 0) is 6.54 Å². The van der Waals surface area contributed by atoms with Gasteiger partial charge in [0.1, 0.15) is 0 Å². The van der Waals surface area contributed by atoms with Gasteiger partial charge in [-0.25, -0.2) is 0 Å². The molecule has 1 fully saturated rings. The first kappa shape index (κ1) is 14.1. The number of aryl methyl sites for hydroxylation is 1. The molecule has 1 unspecified atom stereocenters. The van der Waals surface area contributed by atoms with Crippen molar-refractivity contribution in [2.45, 2.75) is 38.3 Å². The van der Waals surface area contributed by atoms with Crippen molar-refractivity contribution >= 4 is 5.69 Å². The molecule has 0 saturated carbocycles. The van der Waals surface area contributed by atoms with Crippen molar-refractivity contribution in [2.75, 3.05) is 19.3 Å². The van der Waals surface area contributed by atoms with E-state index in [1.807, 2.05) is 30.5 Å². The molecule has 4 heteroatoms. The van der Waals surface area contributed by atoms with Gasteiger partial charge >= 0.3 is 0 Å². The summed E-state index contributed by atoms with van der Waals surface area (Å²) in [6.45, 7) is 2.23. The molecule has 0 bridgehead atoms. The predicted octanol–water partition coefficient (Wildman–Crippen LogP) is 3.01. The second kappa shape index (κ2) is 6.31. The Morgan fingerprint density at radius 3 is 2.76 bits per heavy atom. The highest BCUT2D eigenvalue weighted by atomic mass is 15.3. The van der Waals surface area contributed by atoms with Gasteiger partial charge in [0.15, 0.2) is 0 Å². The average Bonchev–Trinajstić information content (AvgIpc) is 2.96. The molecule has 1 saturated heterocycles. The summed E-state index contributed by atoms with van der Waals surface area (Å²) in [6.07, 6.45) is 9.28. The van der Waals surface area contributed by atoms with Crippen LogP contribution in [0.3, 0.4) is 0 Å². The molecule has 1 aromatic carbocycles. The Balaban J connectivity index is 1.61. The van der Waals surface area contributed by atoms with Crippen LogP contribution in [0.5, 0.6) is 0 Å². The molecular weight excluding hydrogens is 260 g/mol. The fraction of sp³-hybridized carbons (Fsp3) is 0.471. The number of piperidine rings is 1. The summed E-state index contributed by atoms with van der Waals surface area (Å²) in [5.74, 6) is 0. The van der Waals surface area contributed by atoms with Gasteiger partial charge in [-0.15, -0.1) is 0 Å². The lowest BCUT2D eigenvalue weighted by Crippen LogP contribution is -2.36. The number of likely N-dealkylation sites (tertiary alicyclic amines) is 1. The lowest BCUT2D eigenvalue weighted by atomic mass is 10.0. The predicted molar refractivity (Wildman–Crippen MR) is 87.0 cm³/mol. The molecule has 1 atom stereocenters. The number of nitrogen functional groups attached to an aromatic ring is 1. The van der Waals surface area contributed by atoms with Gasteiger partial charge in [-0.3, -0.25) is 4.68 Å². The molecule has 0 radical (unpaired) electrons. The van der Waals surface area contributed by atoms with Crippen molar-refractivity contribution in [2.24, 2.45) is 0 Å². The fourth-order valence-electron chi connectivity index (χ4n) is 3.10. The van der Waals surface area contributed by atoms with Gasteiger partial charge < -0.3 is 10.6 Å². The van der Waals surface area contributed by atoms with Crippen LogP contribution in [0.25, 0.3) is 11.1 Å². The van der Waals surface area contributed by atoms with Crippen molar-refractivity contribution < 1.29 is 0 Å². The minimum atomic E-state index is 0.711. The number of anilines is 1. The molecule has 1 aliphatic rings. The van der Waals surface area contributed by atoms with Crippen molar-refractivity contribution in [1.82, 2.24) is 14.7 Å². The summed E-state index contributed by atoms with van der Waals surface area (Å²) in [4.78, 5) is 2.49. The number of nitrogens with zero attached hydrogens (tertiary/aromatic N) is 3. The largest absolute Gasteiger partial charge is 0.399 e. The summed E-state index contributed by atoms with van der Waals surface area (Å²) in [7, 11) is 2.24. The molecule has 2 heterocycles. The van der Waals surface area contributed by atoms with E-state index in [1.54, 1.807) is 0 Å².